The van der Waals surface area contributed by atoms with Crippen molar-refractivity contribution in [2.75, 3.05) is 13.2 Å². The van der Waals surface area contributed by atoms with Gasteiger partial charge in [0.05, 0.1) is 29.0 Å². The van der Waals surface area contributed by atoms with Crippen molar-refractivity contribution >= 4 is 57.9 Å². The van der Waals surface area contributed by atoms with E-state index in [1.165, 1.54) is 22.7 Å². The predicted octanol–water partition coefficient (Wildman–Crippen LogP) is 6.14. The van der Waals surface area contributed by atoms with Crippen LogP contribution in [0.2, 0.25) is 10.0 Å². The smallest absolute Gasteiger partial charge is 0.338 e. The van der Waals surface area contributed by atoms with Gasteiger partial charge < -0.3 is 14.2 Å². The standard InChI is InChI=1S/C30H26Cl2N2O5S2/c1-4-37-23-13-18(8-11-22(23)39-16-19-9-10-20(31)15-21(19)32)14-25-28(35)34-27(24-7-6-12-40-24)26(29(36)38-5-2)17(3)33-30(34)41-25/h6-15,27H,4-5,16H2,1-3H3/b25-14+/t27-/m1/s1. The van der Waals surface area contributed by atoms with E-state index in [4.69, 9.17) is 37.4 Å². The van der Waals surface area contributed by atoms with Crippen LogP contribution in [0.3, 0.4) is 0 Å². The molecule has 2 aromatic carbocycles. The molecule has 0 radical (unpaired) electrons. The molecule has 0 unspecified atom stereocenters. The van der Waals surface area contributed by atoms with E-state index in [2.05, 4.69) is 4.99 Å². The van der Waals surface area contributed by atoms with Gasteiger partial charge in [0.15, 0.2) is 16.3 Å². The highest BCUT2D eigenvalue weighted by Crippen LogP contribution is 2.34. The minimum atomic E-state index is -0.609. The molecule has 0 N–H and O–H groups in total. The molecule has 1 aliphatic heterocycles. The molecule has 4 aromatic rings. The van der Waals surface area contributed by atoms with E-state index in [0.29, 0.717) is 48.8 Å². The number of hydrogen-bond donors (Lipinski definition) is 0. The number of esters is 1. The quantitative estimate of drug-likeness (QED) is 0.208. The zero-order valence-electron chi connectivity index (χ0n) is 22.5. The first-order chi connectivity index (χ1) is 19.8. The number of rotatable bonds is 9. The number of allylic oxidation sites excluding steroid dienone is 1. The summed E-state index contributed by atoms with van der Waals surface area (Å²) in [6.07, 6.45) is 1.79. The van der Waals surface area contributed by atoms with Crippen molar-refractivity contribution < 1.29 is 19.0 Å². The largest absolute Gasteiger partial charge is 0.490 e. The van der Waals surface area contributed by atoms with Crippen LogP contribution < -0.4 is 24.4 Å². The van der Waals surface area contributed by atoms with E-state index < -0.39 is 12.0 Å². The van der Waals surface area contributed by atoms with Crippen LogP contribution in [0, 0.1) is 0 Å². The summed E-state index contributed by atoms with van der Waals surface area (Å²) in [5.41, 5.74) is 2.22. The summed E-state index contributed by atoms with van der Waals surface area (Å²) in [5, 5.41) is 2.99. The van der Waals surface area contributed by atoms with Crippen LogP contribution in [0.25, 0.3) is 6.08 Å². The molecule has 0 bridgehead atoms. The van der Waals surface area contributed by atoms with E-state index in [9.17, 15) is 9.59 Å². The molecule has 7 nitrogen and oxygen atoms in total. The third-order valence-corrected chi connectivity index (χ3v) is 8.79. The summed E-state index contributed by atoms with van der Waals surface area (Å²) < 4.78 is 19.3. The number of nitrogens with zero attached hydrogens (tertiary/aromatic N) is 2. The van der Waals surface area contributed by atoms with Gasteiger partial charge in [-0.3, -0.25) is 9.36 Å². The molecular formula is C30H26Cl2N2O5S2. The Labute approximate surface area is 254 Å². The molecule has 0 aliphatic carbocycles. The topological polar surface area (TPSA) is 79.1 Å². The molecule has 1 atom stereocenters. The van der Waals surface area contributed by atoms with Crippen LogP contribution in [0.4, 0.5) is 0 Å². The molecule has 3 heterocycles. The number of hydrogen-bond acceptors (Lipinski definition) is 8. The first-order valence-corrected chi connectivity index (χ1v) is 15.3. The van der Waals surface area contributed by atoms with Crippen molar-refractivity contribution in [3.63, 3.8) is 0 Å². The van der Waals surface area contributed by atoms with Gasteiger partial charge >= 0.3 is 5.97 Å². The lowest BCUT2D eigenvalue weighted by atomic mass is 10.0. The molecule has 0 spiro atoms. The predicted molar refractivity (Wildman–Crippen MR) is 163 cm³/mol. The third kappa shape index (κ3) is 6.13. The van der Waals surface area contributed by atoms with E-state index >= 15 is 0 Å². The highest BCUT2D eigenvalue weighted by atomic mass is 35.5. The average molecular weight is 630 g/mol. The zero-order chi connectivity index (χ0) is 29.1. The van der Waals surface area contributed by atoms with Crippen LogP contribution in [-0.4, -0.2) is 23.8 Å². The Balaban J connectivity index is 1.52. The van der Waals surface area contributed by atoms with Crippen LogP contribution in [0.1, 0.15) is 42.8 Å². The average Bonchev–Trinajstić information content (AvgIpc) is 3.57. The van der Waals surface area contributed by atoms with Crippen molar-refractivity contribution in [2.24, 2.45) is 4.99 Å². The molecule has 212 valence electrons. The number of ether oxygens (including phenoxy) is 3. The van der Waals surface area contributed by atoms with Crippen LogP contribution in [0.5, 0.6) is 11.5 Å². The monoisotopic (exact) mass is 628 g/mol. The van der Waals surface area contributed by atoms with Crippen molar-refractivity contribution in [1.29, 1.82) is 0 Å². The van der Waals surface area contributed by atoms with E-state index in [1.54, 1.807) is 42.7 Å². The lowest BCUT2D eigenvalue weighted by Gasteiger charge is -2.23. The van der Waals surface area contributed by atoms with E-state index in [1.807, 2.05) is 42.6 Å². The fraction of sp³-hybridized carbons (Fsp3) is 0.233. The Kier molecular flexibility index (Phi) is 8.99. The van der Waals surface area contributed by atoms with Gasteiger partial charge in [-0.15, -0.1) is 11.3 Å². The fourth-order valence-corrected chi connectivity index (χ4v) is 6.79. The van der Waals surface area contributed by atoms with Gasteiger partial charge in [0.2, 0.25) is 0 Å². The molecule has 5 rings (SSSR count). The summed E-state index contributed by atoms with van der Waals surface area (Å²) >= 11 is 15.0. The number of fused-ring (bicyclic) bond motifs is 1. The number of benzene rings is 2. The maximum Gasteiger partial charge on any atom is 0.338 e. The van der Waals surface area contributed by atoms with Crippen molar-refractivity contribution in [3.05, 3.63) is 111 Å². The second kappa shape index (κ2) is 12.7. The van der Waals surface area contributed by atoms with E-state index in [0.717, 1.165) is 16.0 Å². The Morgan fingerprint density at radius 1 is 1.07 bits per heavy atom. The third-order valence-electron chi connectivity index (χ3n) is 6.29. The van der Waals surface area contributed by atoms with Crippen molar-refractivity contribution in [1.82, 2.24) is 4.57 Å². The Bertz CT molecular complexity index is 1810. The van der Waals surface area contributed by atoms with E-state index in [-0.39, 0.29) is 18.8 Å². The number of thiophene rings is 1. The number of aromatic nitrogens is 1. The number of halogens is 2. The lowest BCUT2D eigenvalue weighted by molar-refractivity contribution is -0.139. The molecule has 0 amide bonds. The summed E-state index contributed by atoms with van der Waals surface area (Å²) in [6.45, 7) is 6.31. The first-order valence-electron chi connectivity index (χ1n) is 12.9. The van der Waals surface area contributed by atoms with Crippen LogP contribution >= 0.6 is 45.9 Å². The van der Waals surface area contributed by atoms with Gasteiger partial charge in [0, 0.05) is 20.5 Å². The SMILES string of the molecule is CCOC(=O)C1=C(C)N=c2s/c(=C/c3ccc(OCc4ccc(Cl)cc4Cl)c(OCC)c3)c(=O)n2[C@@H]1c1cccs1. The molecule has 0 saturated heterocycles. The Hall–Kier alpha value is -3.37. The Morgan fingerprint density at radius 2 is 1.90 bits per heavy atom. The summed E-state index contributed by atoms with van der Waals surface area (Å²) in [6, 6.07) is 13.9. The first kappa shape index (κ1) is 29.1. The van der Waals surface area contributed by atoms with Crippen molar-refractivity contribution in [3.8, 4) is 11.5 Å². The van der Waals surface area contributed by atoms with Crippen LogP contribution in [0.15, 0.2) is 75.0 Å². The zero-order valence-corrected chi connectivity index (χ0v) is 25.6. The maximum atomic E-state index is 13.8. The van der Waals surface area contributed by atoms with Gasteiger partial charge in [-0.1, -0.05) is 52.7 Å². The summed E-state index contributed by atoms with van der Waals surface area (Å²) in [5.74, 6) is 0.609. The second-order valence-electron chi connectivity index (χ2n) is 8.98. The Morgan fingerprint density at radius 3 is 2.61 bits per heavy atom. The van der Waals surface area contributed by atoms with Crippen molar-refractivity contribution in [2.45, 2.75) is 33.4 Å². The number of thiazole rings is 1. The summed E-state index contributed by atoms with van der Waals surface area (Å²) in [7, 11) is 0. The molecule has 0 fully saturated rings. The number of carbonyl (C=O) groups is 1. The minimum Gasteiger partial charge on any atom is -0.490 e. The second-order valence-corrected chi connectivity index (χ2v) is 11.8. The maximum absolute atomic E-state index is 13.8. The highest BCUT2D eigenvalue weighted by Gasteiger charge is 2.33. The summed E-state index contributed by atoms with van der Waals surface area (Å²) in [4.78, 5) is 32.7. The molecule has 1 aliphatic rings. The molecule has 2 aromatic heterocycles. The van der Waals surface area contributed by atoms with Gasteiger partial charge in [0.1, 0.15) is 12.6 Å². The van der Waals surface area contributed by atoms with Gasteiger partial charge in [0.25, 0.3) is 5.56 Å². The van der Waals surface area contributed by atoms with Gasteiger partial charge in [-0.05, 0) is 68.1 Å². The molecular weight excluding hydrogens is 603 g/mol. The molecule has 41 heavy (non-hydrogen) atoms. The van der Waals surface area contributed by atoms with Gasteiger partial charge in [-0.2, -0.15) is 0 Å². The normalized spacial score (nSPS) is 15.0. The minimum absolute atomic E-state index is 0.228. The fourth-order valence-electron chi connectivity index (χ4n) is 4.46. The molecule has 11 heteroatoms. The van der Waals surface area contributed by atoms with Gasteiger partial charge in [-0.25, -0.2) is 9.79 Å². The highest BCUT2D eigenvalue weighted by molar-refractivity contribution is 7.10. The molecule has 0 saturated carbocycles. The number of carbonyl (C=O) groups excluding carboxylic acids is 1. The van der Waals surface area contributed by atoms with Crippen LogP contribution in [-0.2, 0) is 16.1 Å². The lowest BCUT2D eigenvalue weighted by Crippen LogP contribution is -2.39.